The van der Waals surface area contributed by atoms with Gasteiger partial charge in [0.15, 0.2) is 0 Å². The van der Waals surface area contributed by atoms with E-state index in [2.05, 4.69) is 40.3 Å². The predicted octanol–water partition coefficient (Wildman–Crippen LogP) is 2.61. The van der Waals surface area contributed by atoms with Gasteiger partial charge in [-0.15, -0.1) is 0 Å². The van der Waals surface area contributed by atoms with E-state index in [0.717, 1.165) is 25.3 Å². The number of hydrogen-bond acceptors (Lipinski definition) is 2. The topological polar surface area (TPSA) is 21.3 Å². The van der Waals surface area contributed by atoms with Gasteiger partial charge in [-0.1, -0.05) is 22.9 Å². The van der Waals surface area contributed by atoms with Gasteiger partial charge < -0.3 is 10.1 Å². The van der Waals surface area contributed by atoms with Crippen LogP contribution in [0.1, 0.15) is 12.5 Å². The monoisotopic (exact) mass is 269 g/mol. The first-order chi connectivity index (χ1) is 7.13. The van der Waals surface area contributed by atoms with E-state index in [-0.39, 0.29) is 0 Å². The van der Waals surface area contributed by atoms with E-state index in [1.54, 1.807) is 7.11 Å². The molecular formula is C12H16BrNO. The molecule has 0 radical (unpaired) electrons. The molecule has 0 bridgehead atoms. The van der Waals surface area contributed by atoms with Gasteiger partial charge in [-0.2, -0.15) is 0 Å². The maximum absolute atomic E-state index is 5.24. The highest BCUT2D eigenvalue weighted by atomic mass is 79.9. The quantitative estimate of drug-likeness (QED) is 0.911. The van der Waals surface area contributed by atoms with Crippen LogP contribution in [0.4, 0.5) is 0 Å². The minimum Gasteiger partial charge on any atom is -0.497 e. The molecule has 0 aliphatic carbocycles. The standard InChI is InChI=1S/C12H16BrNO/c1-12(7-14-8-12)6-9-5-10(15-2)3-4-11(9)13/h3-5,14H,6-8H2,1-2H3. The van der Waals surface area contributed by atoms with Gasteiger partial charge >= 0.3 is 0 Å². The molecule has 0 unspecified atom stereocenters. The lowest BCUT2D eigenvalue weighted by Gasteiger charge is -2.39. The van der Waals surface area contributed by atoms with Crippen molar-refractivity contribution in [3.8, 4) is 5.75 Å². The van der Waals surface area contributed by atoms with Crippen LogP contribution in [-0.4, -0.2) is 20.2 Å². The van der Waals surface area contributed by atoms with Gasteiger partial charge in [-0.3, -0.25) is 0 Å². The Hall–Kier alpha value is -0.540. The molecule has 1 aromatic rings. The molecule has 1 aromatic carbocycles. The summed E-state index contributed by atoms with van der Waals surface area (Å²) in [6.45, 7) is 4.53. The number of ether oxygens (including phenoxy) is 1. The average Bonchev–Trinajstić information content (AvgIpc) is 2.19. The molecule has 2 rings (SSSR count). The highest BCUT2D eigenvalue weighted by Crippen LogP contribution is 2.32. The third-order valence-corrected chi connectivity index (χ3v) is 3.75. The van der Waals surface area contributed by atoms with Crippen molar-refractivity contribution in [2.75, 3.05) is 20.2 Å². The van der Waals surface area contributed by atoms with Crippen molar-refractivity contribution in [1.82, 2.24) is 5.32 Å². The lowest BCUT2D eigenvalue weighted by atomic mass is 9.78. The lowest BCUT2D eigenvalue weighted by molar-refractivity contribution is 0.195. The smallest absolute Gasteiger partial charge is 0.119 e. The first-order valence-corrected chi connectivity index (χ1v) is 5.95. The Morgan fingerprint density at radius 2 is 2.20 bits per heavy atom. The molecule has 15 heavy (non-hydrogen) atoms. The van der Waals surface area contributed by atoms with Crippen LogP contribution in [0.15, 0.2) is 22.7 Å². The second-order valence-corrected chi connectivity index (χ2v) is 5.40. The van der Waals surface area contributed by atoms with Gasteiger partial charge in [0.25, 0.3) is 0 Å². The molecule has 0 spiro atoms. The summed E-state index contributed by atoms with van der Waals surface area (Å²) in [5, 5.41) is 3.32. The normalized spacial score (nSPS) is 18.3. The van der Waals surface area contributed by atoms with Crippen LogP contribution in [0.25, 0.3) is 0 Å². The van der Waals surface area contributed by atoms with E-state index in [1.165, 1.54) is 10.0 Å². The van der Waals surface area contributed by atoms with Crippen molar-refractivity contribution < 1.29 is 4.74 Å². The van der Waals surface area contributed by atoms with Crippen molar-refractivity contribution >= 4 is 15.9 Å². The Labute approximate surface area is 99.1 Å². The molecule has 0 saturated carbocycles. The number of rotatable bonds is 3. The fraction of sp³-hybridized carbons (Fsp3) is 0.500. The maximum Gasteiger partial charge on any atom is 0.119 e. The molecule has 1 aliphatic heterocycles. The van der Waals surface area contributed by atoms with Gasteiger partial charge in [0.2, 0.25) is 0 Å². The molecule has 1 fully saturated rings. The van der Waals surface area contributed by atoms with Crippen LogP contribution >= 0.6 is 15.9 Å². The van der Waals surface area contributed by atoms with Crippen molar-refractivity contribution in [3.05, 3.63) is 28.2 Å². The molecule has 0 atom stereocenters. The molecule has 82 valence electrons. The van der Waals surface area contributed by atoms with Crippen molar-refractivity contribution in [2.24, 2.45) is 5.41 Å². The molecule has 1 saturated heterocycles. The molecule has 0 amide bonds. The first kappa shape index (κ1) is 11.0. The molecule has 3 heteroatoms. The summed E-state index contributed by atoms with van der Waals surface area (Å²) >= 11 is 3.59. The van der Waals surface area contributed by atoms with Crippen molar-refractivity contribution in [2.45, 2.75) is 13.3 Å². The fourth-order valence-electron chi connectivity index (χ4n) is 1.95. The minimum absolute atomic E-state index is 0.412. The van der Waals surface area contributed by atoms with E-state index >= 15 is 0 Å². The summed E-state index contributed by atoms with van der Waals surface area (Å²) in [7, 11) is 1.71. The van der Waals surface area contributed by atoms with E-state index in [4.69, 9.17) is 4.74 Å². The summed E-state index contributed by atoms with van der Waals surface area (Å²) < 4.78 is 6.42. The molecule has 1 aliphatic rings. The van der Waals surface area contributed by atoms with Gasteiger partial charge in [-0.25, -0.2) is 0 Å². The van der Waals surface area contributed by atoms with E-state index in [0.29, 0.717) is 5.41 Å². The zero-order valence-corrected chi connectivity index (χ0v) is 10.7. The number of halogens is 1. The average molecular weight is 270 g/mol. The number of nitrogens with one attached hydrogen (secondary N) is 1. The number of methoxy groups -OCH3 is 1. The summed E-state index contributed by atoms with van der Waals surface area (Å²) in [5.74, 6) is 0.934. The Morgan fingerprint density at radius 3 is 2.73 bits per heavy atom. The van der Waals surface area contributed by atoms with Gasteiger partial charge in [0, 0.05) is 17.6 Å². The summed E-state index contributed by atoms with van der Waals surface area (Å²) in [6.07, 6.45) is 1.10. The summed E-state index contributed by atoms with van der Waals surface area (Å²) in [4.78, 5) is 0. The molecule has 1 N–H and O–H groups in total. The molecule has 2 nitrogen and oxygen atoms in total. The lowest BCUT2D eigenvalue weighted by Crippen LogP contribution is -2.52. The van der Waals surface area contributed by atoms with Crippen LogP contribution < -0.4 is 10.1 Å². The number of hydrogen-bond donors (Lipinski definition) is 1. The highest BCUT2D eigenvalue weighted by Gasteiger charge is 2.32. The third kappa shape index (κ3) is 2.34. The number of benzene rings is 1. The van der Waals surface area contributed by atoms with Gasteiger partial charge in [0.1, 0.15) is 5.75 Å². The highest BCUT2D eigenvalue weighted by molar-refractivity contribution is 9.10. The zero-order chi connectivity index (χ0) is 10.9. The van der Waals surface area contributed by atoms with E-state index < -0.39 is 0 Å². The molecule has 1 heterocycles. The Morgan fingerprint density at radius 1 is 1.47 bits per heavy atom. The minimum atomic E-state index is 0.412. The van der Waals surface area contributed by atoms with Crippen LogP contribution in [0.5, 0.6) is 5.75 Å². The largest absolute Gasteiger partial charge is 0.497 e. The second-order valence-electron chi connectivity index (χ2n) is 4.55. The first-order valence-electron chi connectivity index (χ1n) is 5.16. The van der Waals surface area contributed by atoms with E-state index in [9.17, 15) is 0 Å². The second kappa shape index (κ2) is 4.14. The SMILES string of the molecule is COc1ccc(Br)c(CC2(C)CNC2)c1. The predicted molar refractivity (Wildman–Crippen MR) is 65.4 cm³/mol. The Bertz CT molecular complexity index is 361. The van der Waals surface area contributed by atoms with Crippen LogP contribution in [0, 0.1) is 5.41 Å². The Balaban J connectivity index is 2.19. The molecule has 0 aromatic heterocycles. The van der Waals surface area contributed by atoms with Crippen molar-refractivity contribution in [3.63, 3.8) is 0 Å². The van der Waals surface area contributed by atoms with Gasteiger partial charge in [-0.05, 0) is 35.6 Å². The van der Waals surface area contributed by atoms with Gasteiger partial charge in [0.05, 0.1) is 7.11 Å². The van der Waals surface area contributed by atoms with Crippen LogP contribution in [-0.2, 0) is 6.42 Å². The fourth-order valence-corrected chi connectivity index (χ4v) is 2.34. The maximum atomic E-state index is 5.24. The van der Waals surface area contributed by atoms with E-state index in [1.807, 2.05) is 6.07 Å². The molecular weight excluding hydrogens is 254 g/mol. The van der Waals surface area contributed by atoms with Crippen LogP contribution in [0.2, 0.25) is 0 Å². The summed E-state index contributed by atoms with van der Waals surface area (Å²) in [6, 6.07) is 6.16. The Kier molecular flexibility index (Phi) is 3.03. The third-order valence-electron chi connectivity index (χ3n) is 2.97. The van der Waals surface area contributed by atoms with Crippen LogP contribution in [0.3, 0.4) is 0 Å². The van der Waals surface area contributed by atoms with Crippen molar-refractivity contribution in [1.29, 1.82) is 0 Å². The summed E-state index contributed by atoms with van der Waals surface area (Å²) in [5.41, 5.74) is 1.74. The zero-order valence-electron chi connectivity index (χ0n) is 9.14.